The maximum absolute atomic E-state index is 12.0. The van der Waals surface area contributed by atoms with Crippen molar-refractivity contribution in [2.45, 2.75) is 24.8 Å². The van der Waals surface area contributed by atoms with E-state index in [-0.39, 0.29) is 6.04 Å². The van der Waals surface area contributed by atoms with E-state index in [1.54, 1.807) is 19.2 Å². The highest BCUT2D eigenvalue weighted by atomic mass is 32.2. The number of sulfonamides is 1. The molecule has 1 N–H and O–H groups in total. The molecular weight excluding hydrogens is 288 g/mol. The number of rotatable bonds is 8. The Kier molecular flexibility index (Phi) is 6.80. The first-order valence-corrected chi connectivity index (χ1v) is 8.47. The van der Waals surface area contributed by atoms with E-state index in [4.69, 9.17) is 4.74 Å². The number of hydrogen-bond acceptors (Lipinski definition) is 4. The lowest BCUT2D eigenvalue weighted by atomic mass is 10.1. The monoisotopic (exact) mass is 314 g/mol. The largest absolute Gasteiger partial charge is 0.384 e. The Morgan fingerprint density at radius 1 is 1.19 bits per heavy atom. The van der Waals surface area contributed by atoms with Crippen LogP contribution in [0.3, 0.4) is 0 Å². The Labute approximate surface area is 128 Å². The topological polar surface area (TPSA) is 58.6 Å². The maximum Gasteiger partial charge on any atom is 0.242 e. The highest BCUT2D eigenvalue weighted by molar-refractivity contribution is 7.89. The van der Waals surface area contributed by atoms with Crippen LogP contribution in [0, 0.1) is 5.92 Å². The molecule has 0 radical (unpaired) electrons. The molecule has 1 aromatic rings. The molecule has 0 bridgehead atoms. The zero-order valence-corrected chi connectivity index (χ0v) is 14.3. The average molecular weight is 314 g/mol. The first kappa shape index (κ1) is 18.1. The van der Waals surface area contributed by atoms with Crippen LogP contribution in [-0.4, -0.2) is 47.1 Å². The van der Waals surface area contributed by atoms with Crippen LogP contribution >= 0.6 is 0 Å². The lowest BCUT2D eigenvalue weighted by Gasteiger charge is -2.18. The molecule has 0 heterocycles. The third-order valence-electron chi connectivity index (χ3n) is 3.38. The molecule has 0 amide bonds. The van der Waals surface area contributed by atoms with Crippen molar-refractivity contribution in [2.75, 3.05) is 34.4 Å². The summed E-state index contributed by atoms with van der Waals surface area (Å²) in [6.07, 6.45) is 0. The molecule has 0 aliphatic heterocycles. The lowest BCUT2D eigenvalue weighted by molar-refractivity contribution is 0.157. The zero-order valence-electron chi connectivity index (χ0n) is 13.5. The Balaban J connectivity index is 2.70. The highest BCUT2D eigenvalue weighted by Gasteiger charge is 2.17. The van der Waals surface area contributed by atoms with Crippen molar-refractivity contribution < 1.29 is 13.2 Å². The van der Waals surface area contributed by atoms with Gasteiger partial charge in [-0.25, -0.2) is 12.7 Å². The predicted octanol–water partition coefficient (Wildman–Crippen LogP) is 1.87. The Bertz CT molecular complexity index is 526. The summed E-state index contributed by atoms with van der Waals surface area (Å²) in [5.74, 6) is 0.436. The average Bonchev–Trinajstić information content (AvgIpc) is 2.45. The van der Waals surface area contributed by atoms with Gasteiger partial charge in [0.2, 0.25) is 10.0 Å². The second kappa shape index (κ2) is 7.89. The highest BCUT2D eigenvalue weighted by Crippen LogP contribution is 2.18. The van der Waals surface area contributed by atoms with Gasteiger partial charge in [-0.15, -0.1) is 0 Å². The van der Waals surface area contributed by atoms with Gasteiger partial charge in [0.1, 0.15) is 0 Å². The van der Waals surface area contributed by atoms with Gasteiger partial charge in [-0.05, 0) is 30.5 Å². The molecule has 5 nitrogen and oxygen atoms in total. The summed E-state index contributed by atoms with van der Waals surface area (Å²) >= 11 is 0. The zero-order chi connectivity index (χ0) is 16.0. The number of nitrogens with zero attached hydrogens (tertiary/aromatic N) is 1. The fourth-order valence-corrected chi connectivity index (χ4v) is 2.88. The smallest absolute Gasteiger partial charge is 0.242 e. The van der Waals surface area contributed by atoms with Crippen molar-refractivity contribution in [3.8, 4) is 0 Å². The van der Waals surface area contributed by atoms with Gasteiger partial charge in [-0.1, -0.05) is 19.1 Å². The third-order valence-corrected chi connectivity index (χ3v) is 5.21. The molecule has 1 aromatic carbocycles. The van der Waals surface area contributed by atoms with Crippen LogP contribution in [0.4, 0.5) is 0 Å². The molecule has 0 aromatic heterocycles. The van der Waals surface area contributed by atoms with Gasteiger partial charge >= 0.3 is 0 Å². The summed E-state index contributed by atoms with van der Waals surface area (Å²) in [7, 11) is 1.41. The minimum Gasteiger partial charge on any atom is -0.384 e. The molecule has 0 aliphatic rings. The Morgan fingerprint density at radius 3 is 2.24 bits per heavy atom. The summed E-state index contributed by atoms with van der Waals surface area (Å²) in [4.78, 5) is 0.316. The van der Waals surface area contributed by atoms with E-state index >= 15 is 0 Å². The van der Waals surface area contributed by atoms with Crippen molar-refractivity contribution in [1.82, 2.24) is 9.62 Å². The molecule has 6 heteroatoms. The van der Waals surface area contributed by atoms with Crippen LogP contribution in [0.15, 0.2) is 29.2 Å². The van der Waals surface area contributed by atoms with Crippen molar-refractivity contribution in [1.29, 1.82) is 0 Å². The second-order valence-corrected chi connectivity index (χ2v) is 7.70. The van der Waals surface area contributed by atoms with Crippen LogP contribution < -0.4 is 5.32 Å². The van der Waals surface area contributed by atoms with Gasteiger partial charge in [-0.3, -0.25) is 0 Å². The van der Waals surface area contributed by atoms with Gasteiger partial charge in [0.15, 0.2) is 0 Å². The molecular formula is C15H26N2O3S. The molecule has 120 valence electrons. The van der Waals surface area contributed by atoms with E-state index in [1.807, 2.05) is 12.1 Å². The van der Waals surface area contributed by atoms with Crippen LogP contribution in [0.5, 0.6) is 0 Å². The maximum atomic E-state index is 12.0. The summed E-state index contributed by atoms with van der Waals surface area (Å²) < 4.78 is 30.3. The SMILES string of the molecule is COCC(C)CNC(C)c1ccc(S(=O)(=O)N(C)C)cc1. The van der Waals surface area contributed by atoms with Crippen LogP contribution in [0.2, 0.25) is 0 Å². The fourth-order valence-electron chi connectivity index (χ4n) is 1.98. The molecule has 0 saturated carbocycles. The Morgan fingerprint density at radius 2 is 1.76 bits per heavy atom. The molecule has 2 atom stereocenters. The predicted molar refractivity (Wildman–Crippen MR) is 84.8 cm³/mol. The summed E-state index contributed by atoms with van der Waals surface area (Å²) in [5.41, 5.74) is 1.07. The third kappa shape index (κ3) is 5.07. The summed E-state index contributed by atoms with van der Waals surface area (Å²) in [6.45, 7) is 5.76. The normalized spacial score (nSPS) is 15.1. The Hall–Kier alpha value is -0.950. The van der Waals surface area contributed by atoms with Crippen LogP contribution in [-0.2, 0) is 14.8 Å². The number of nitrogens with one attached hydrogen (secondary N) is 1. The molecule has 21 heavy (non-hydrogen) atoms. The van der Waals surface area contributed by atoms with E-state index in [2.05, 4.69) is 19.2 Å². The van der Waals surface area contributed by atoms with Gasteiger partial charge in [-0.2, -0.15) is 0 Å². The lowest BCUT2D eigenvalue weighted by Crippen LogP contribution is -2.26. The fraction of sp³-hybridized carbons (Fsp3) is 0.600. The van der Waals surface area contributed by atoms with Gasteiger partial charge < -0.3 is 10.1 Å². The molecule has 0 spiro atoms. The minimum absolute atomic E-state index is 0.167. The first-order valence-electron chi connectivity index (χ1n) is 7.03. The van der Waals surface area contributed by atoms with Gasteiger partial charge in [0.05, 0.1) is 4.90 Å². The van der Waals surface area contributed by atoms with Crippen molar-refractivity contribution in [2.24, 2.45) is 5.92 Å². The molecule has 1 rings (SSSR count). The van der Waals surface area contributed by atoms with E-state index in [9.17, 15) is 8.42 Å². The number of benzene rings is 1. The summed E-state index contributed by atoms with van der Waals surface area (Å²) in [6, 6.07) is 7.19. The molecule has 0 saturated heterocycles. The molecule has 0 aliphatic carbocycles. The second-order valence-electron chi connectivity index (χ2n) is 5.55. The number of ether oxygens (including phenoxy) is 1. The van der Waals surface area contributed by atoms with Crippen LogP contribution in [0.1, 0.15) is 25.5 Å². The standard InChI is InChI=1S/C15H26N2O3S/c1-12(11-20-5)10-16-13(2)14-6-8-15(9-7-14)21(18,19)17(3)4/h6-9,12-13,16H,10-11H2,1-5H3. The van der Waals surface area contributed by atoms with E-state index < -0.39 is 10.0 Å². The first-order chi connectivity index (χ1) is 9.78. The molecule has 2 unspecified atom stereocenters. The van der Waals surface area contributed by atoms with Gasteiger partial charge in [0, 0.05) is 40.4 Å². The number of hydrogen-bond donors (Lipinski definition) is 1. The van der Waals surface area contributed by atoms with E-state index in [0.29, 0.717) is 10.8 Å². The van der Waals surface area contributed by atoms with Crippen molar-refractivity contribution >= 4 is 10.0 Å². The molecule has 0 fully saturated rings. The quantitative estimate of drug-likeness (QED) is 0.796. The minimum atomic E-state index is -3.36. The van der Waals surface area contributed by atoms with Gasteiger partial charge in [0.25, 0.3) is 0 Å². The van der Waals surface area contributed by atoms with Crippen molar-refractivity contribution in [3.05, 3.63) is 29.8 Å². The number of methoxy groups -OCH3 is 1. The summed E-state index contributed by atoms with van der Waals surface area (Å²) in [5, 5.41) is 3.42. The van der Waals surface area contributed by atoms with Crippen LogP contribution in [0.25, 0.3) is 0 Å². The van der Waals surface area contributed by atoms with Crippen molar-refractivity contribution in [3.63, 3.8) is 0 Å². The van der Waals surface area contributed by atoms with E-state index in [0.717, 1.165) is 18.7 Å². The van der Waals surface area contributed by atoms with E-state index in [1.165, 1.54) is 18.4 Å².